The highest BCUT2D eigenvalue weighted by molar-refractivity contribution is 6.30. The van der Waals surface area contributed by atoms with Crippen LogP contribution in [0.1, 0.15) is 21.7 Å². The monoisotopic (exact) mass is 451 g/mol. The van der Waals surface area contributed by atoms with E-state index in [2.05, 4.69) is 10.4 Å². The summed E-state index contributed by atoms with van der Waals surface area (Å²) < 4.78 is 45.6. The third-order valence-corrected chi connectivity index (χ3v) is 4.46. The molecule has 31 heavy (non-hydrogen) atoms. The molecule has 0 fully saturated rings. The number of hydrogen-bond donors (Lipinski definition) is 1. The first kappa shape index (κ1) is 22.4. The van der Waals surface area contributed by atoms with E-state index in [4.69, 9.17) is 16.3 Å². The van der Waals surface area contributed by atoms with Crippen LogP contribution in [0.2, 0.25) is 5.02 Å². The Labute approximate surface area is 180 Å². The number of amides is 1. The van der Waals surface area contributed by atoms with Gasteiger partial charge in [-0.15, -0.1) is 0 Å². The van der Waals surface area contributed by atoms with Crippen LogP contribution in [0, 0.1) is 6.92 Å². The van der Waals surface area contributed by atoms with Gasteiger partial charge >= 0.3 is 6.18 Å². The second-order valence-electron chi connectivity index (χ2n) is 6.52. The number of aromatic nitrogens is 2. The molecule has 0 bridgehead atoms. The van der Waals surface area contributed by atoms with Crippen LogP contribution >= 0.6 is 11.6 Å². The molecule has 6 nitrogen and oxygen atoms in total. The highest BCUT2D eigenvalue weighted by atomic mass is 35.5. The Balaban J connectivity index is 1.74. The lowest BCUT2D eigenvalue weighted by Crippen LogP contribution is -2.34. The topological polar surface area (TPSA) is 73.2 Å². The van der Waals surface area contributed by atoms with Gasteiger partial charge in [0.2, 0.25) is 5.43 Å². The zero-order valence-corrected chi connectivity index (χ0v) is 17.0. The summed E-state index contributed by atoms with van der Waals surface area (Å²) in [6.07, 6.45) is -4.53. The van der Waals surface area contributed by atoms with E-state index in [9.17, 15) is 22.8 Å². The van der Waals surface area contributed by atoms with E-state index >= 15 is 0 Å². The normalized spacial score (nSPS) is 11.3. The van der Waals surface area contributed by atoms with E-state index in [-0.39, 0.29) is 24.5 Å². The van der Waals surface area contributed by atoms with Crippen molar-refractivity contribution in [2.75, 3.05) is 13.2 Å². The molecular weight excluding hydrogens is 435 g/mol. The zero-order valence-electron chi connectivity index (χ0n) is 16.2. The molecule has 0 radical (unpaired) electrons. The first-order chi connectivity index (χ1) is 14.6. The van der Waals surface area contributed by atoms with Crippen molar-refractivity contribution in [1.82, 2.24) is 15.1 Å². The van der Waals surface area contributed by atoms with Gasteiger partial charge in [0.15, 0.2) is 5.69 Å². The van der Waals surface area contributed by atoms with E-state index in [1.807, 2.05) is 0 Å². The van der Waals surface area contributed by atoms with Crippen LogP contribution in [-0.2, 0) is 6.18 Å². The molecule has 162 valence electrons. The molecule has 0 unspecified atom stereocenters. The van der Waals surface area contributed by atoms with Gasteiger partial charge in [-0.3, -0.25) is 9.59 Å². The van der Waals surface area contributed by atoms with E-state index in [0.29, 0.717) is 10.8 Å². The minimum Gasteiger partial charge on any atom is -0.492 e. The van der Waals surface area contributed by atoms with Gasteiger partial charge in [-0.05, 0) is 49.4 Å². The number of nitrogens with one attached hydrogen (secondary N) is 1. The third-order valence-electron chi connectivity index (χ3n) is 4.21. The number of halogens is 4. The lowest BCUT2D eigenvalue weighted by atomic mass is 10.2. The zero-order chi connectivity index (χ0) is 22.6. The number of carbonyl (C=O) groups excluding carboxylic acids is 1. The van der Waals surface area contributed by atoms with E-state index in [0.717, 1.165) is 22.9 Å². The van der Waals surface area contributed by atoms with Crippen molar-refractivity contribution < 1.29 is 22.7 Å². The van der Waals surface area contributed by atoms with Crippen molar-refractivity contribution in [2.24, 2.45) is 0 Å². The Hall–Kier alpha value is -3.33. The predicted molar refractivity (Wildman–Crippen MR) is 109 cm³/mol. The van der Waals surface area contributed by atoms with Crippen LogP contribution in [0.3, 0.4) is 0 Å². The van der Waals surface area contributed by atoms with E-state index in [1.54, 1.807) is 24.3 Å². The SMILES string of the molecule is Cc1cc(=O)c(C(=O)NCCOc2ccc(Cl)cc2)nn1-c1cccc(C(F)(F)F)c1. The van der Waals surface area contributed by atoms with Crippen LogP contribution in [0.25, 0.3) is 5.69 Å². The maximum Gasteiger partial charge on any atom is 0.416 e. The minimum absolute atomic E-state index is 0.0763. The Bertz CT molecular complexity index is 1150. The van der Waals surface area contributed by atoms with Crippen LogP contribution < -0.4 is 15.5 Å². The van der Waals surface area contributed by atoms with E-state index in [1.165, 1.54) is 19.1 Å². The van der Waals surface area contributed by atoms with Gasteiger partial charge in [-0.25, -0.2) is 4.68 Å². The summed E-state index contributed by atoms with van der Waals surface area (Å²) >= 11 is 5.79. The minimum atomic E-state index is -4.53. The number of nitrogens with zero attached hydrogens (tertiary/aromatic N) is 2. The van der Waals surface area contributed by atoms with E-state index < -0.39 is 28.8 Å². The first-order valence-corrected chi connectivity index (χ1v) is 9.48. The van der Waals surface area contributed by atoms with Gasteiger partial charge in [-0.2, -0.15) is 18.3 Å². The quantitative estimate of drug-likeness (QED) is 0.574. The maximum absolute atomic E-state index is 13.0. The fraction of sp³-hybridized carbons (Fsp3) is 0.190. The molecule has 1 aromatic heterocycles. The van der Waals surface area contributed by atoms with Gasteiger partial charge < -0.3 is 10.1 Å². The second kappa shape index (κ2) is 9.22. The number of hydrogen-bond acceptors (Lipinski definition) is 4. The molecule has 3 aromatic rings. The van der Waals surface area contributed by atoms with Gasteiger partial charge in [0.1, 0.15) is 12.4 Å². The van der Waals surface area contributed by atoms with Crippen molar-refractivity contribution in [3.8, 4) is 11.4 Å². The smallest absolute Gasteiger partial charge is 0.416 e. The average Bonchev–Trinajstić information content (AvgIpc) is 2.72. The standard InChI is InChI=1S/C21H17ClF3N3O3/c1-13-11-18(29)19(20(30)26-9-10-31-17-7-5-15(22)6-8-17)27-28(13)16-4-2-3-14(12-16)21(23,24)25/h2-8,11-12H,9-10H2,1H3,(H,26,30). The Kier molecular flexibility index (Phi) is 6.65. The molecule has 0 saturated heterocycles. The van der Waals surface area contributed by atoms with Gasteiger partial charge in [-0.1, -0.05) is 17.7 Å². The molecular formula is C21H17ClF3N3O3. The number of ether oxygens (including phenoxy) is 1. The third kappa shape index (κ3) is 5.64. The van der Waals surface area contributed by atoms with Crippen molar-refractivity contribution in [3.05, 3.63) is 86.8 Å². The Morgan fingerprint density at radius 1 is 1.16 bits per heavy atom. The average molecular weight is 452 g/mol. The Morgan fingerprint density at radius 3 is 2.55 bits per heavy atom. The van der Waals surface area contributed by atoms with Gasteiger partial charge in [0.05, 0.1) is 17.8 Å². The molecule has 10 heteroatoms. The lowest BCUT2D eigenvalue weighted by Gasteiger charge is -2.13. The highest BCUT2D eigenvalue weighted by Gasteiger charge is 2.30. The number of alkyl halides is 3. The van der Waals surface area contributed by atoms with Crippen molar-refractivity contribution in [3.63, 3.8) is 0 Å². The summed E-state index contributed by atoms with van der Waals surface area (Å²) in [4.78, 5) is 24.6. The molecule has 0 aliphatic rings. The fourth-order valence-corrected chi connectivity index (χ4v) is 2.85. The summed E-state index contributed by atoms with van der Waals surface area (Å²) in [5, 5.41) is 7.05. The molecule has 0 saturated carbocycles. The molecule has 0 spiro atoms. The number of aryl methyl sites for hydroxylation is 1. The molecule has 2 aromatic carbocycles. The summed E-state index contributed by atoms with van der Waals surface area (Å²) in [5.74, 6) is -0.204. The molecule has 3 rings (SSSR count). The van der Waals surface area contributed by atoms with Crippen LogP contribution in [0.4, 0.5) is 13.2 Å². The van der Waals surface area contributed by atoms with Crippen molar-refractivity contribution in [1.29, 1.82) is 0 Å². The second-order valence-corrected chi connectivity index (χ2v) is 6.95. The Morgan fingerprint density at radius 2 is 1.87 bits per heavy atom. The fourth-order valence-electron chi connectivity index (χ4n) is 2.73. The van der Waals surface area contributed by atoms with Crippen LogP contribution in [0.5, 0.6) is 5.75 Å². The molecule has 1 amide bonds. The van der Waals surface area contributed by atoms with Crippen molar-refractivity contribution >= 4 is 17.5 Å². The molecule has 0 aliphatic carbocycles. The van der Waals surface area contributed by atoms with Crippen LogP contribution in [-0.4, -0.2) is 28.8 Å². The molecule has 0 atom stereocenters. The largest absolute Gasteiger partial charge is 0.492 e. The summed E-state index contributed by atoms with van der Waals surface area (Å²) in [7, 11) is 0. The summed E-state index contributed by atoms with van der Waals surface area (Å²) in [6, 6.07) is 12.2. The van der Waals surface area contributed by atoms with Gasteiger partial charge in [0, 0.05) is 16.8 Å². The molecule has 0 aliphatic heterocycles. The molecule has 1 N–H and O–H groups in total. The predicted octanol–water partition coefficient (Wildman–Crippen LogP) is 4.02. The maximum atomic E-state index is 13.0. The number of rotatable bonds is 6. The van der Waals surface area contributed by atoms with Crippen LogP contribution in [0.15, 0.2) is 59.4 Å². The molecule has 1 heterocycles. The summed E-state index contributed by atoms with van der Waals surface area (Å²) in [5.41, 5.74) is -1.58. The number of carbonyl (C=O) groups is 1. The van der Waals surface area contributed by atoms with Gasteiger partial charge in [0.25, 0.3) is 5.91 Å². The highest BCUT2D eigenvalue weighted by Crippen LogP contribution is 2.30. The lowest BCUT2D eigenvalue weighted by molar-refractivity contribution is -0.137. The summed E-state index contributed by atoms with van der Waals surface area (Å²) in [6.45, 7) is 1.72. The van der Waals surface area contributed by atoms with Crippen molar-refractivity contribution in [2.45, 2.75) is 13.1 Å². The first-order valence-electron chi connectivity index (χ1n) is 9.10. The number of benzene rings is 2.